The Balaban J connectivity index is 3.83. The lowest BCUT2D eigenvalue weighted by Gasteiger charge is -2.21. The molecular weight excluding hydrogens is 152 g/mol. The normalized spacial score (nSPS) is 10.2. The van der Waals surface area contributed by atoms with E-state index in [1.807, 2.05) is 25.2 Å². The molecule has 70 valence electrons. The first kappa shape index (κ1) is 11.0. The minimum absolute atomic E-state index is 0.888. The molecular formula is C8H18N4. The molecule has 0 unspecified atom stereocenters. The Morgan fingerprint density at radius 3 is 2.58 bits per heavy atom. The van der Waals surface area contributed by atoms with Crippen LogP contribution in [-0.2, 0) is 0 Å². The van der Waals surface area contributed by atoms with Crippen LogP contribution in [0, 0.1) is 0 Å². The third kappa shape index (κ3) is 4.00. The largest absolute Gasteiger partial charge is 0.329 e. The average Bonchev–Trinajstić information content (AvgIpc) is 2.07. The fourth-order valence-corrected chi connectivity index (χ4v) is 0.816. The van der Waals surface area contributed by atoms with Gasteiger partial charge in [-0.15, -0.1) is 0 Å². The molecule has 0 radical (unpaired) electrons. The SMILES string of the molecule is C=C(/C=C/NNC)N(CC)NC. The molecule has 0 aliphatic rings. The van der Waals surface area contributed by atoms with Gasteiger partial charge in [-0.25, -0.2) is 10.9 Å². The van der Waals surface area contributed by atoms with E-state index in [4.69, 9.17) is 0 Å². The molecule has 4 heteroatoms. The summed E-state index contributed by atoms with van der Waals surface area (Å²) in [5.41, 5.74) is 9.55. The topological polar surface area (TPSA) is 39.3 Å². The molecule has 0 aromatic heterocycles. The number of hydrazine groups is 2. The summed E-state index contributed by atoms with van der Waals surface area (Å²) < 4.78 is 0. The van der Waals surface area contributed by atoms with Gasteiger partial charge in [0.15, 0.2) is 0 Å². The Morgan fingerprint density at radius 2 is 2.17 bits per heavy atom. The minimum Gasteiger partial charge on any atom is -0.329 e. The maximum Gasteiger partial charge on any atom is 0.0462 e. The van der Waals surface area contributed by atoms with Gasteiger partial charge >= 0.3 is 0 Å². The Bertz CT molecular complexity index is 149. The summed E-state index contributed by atoms with van der Waals surface area (Å²) in [6, 6.07) is 0. The van der Waals surface area contributed by atoms with E-state index in [9.17, 15) is 0 Å². The first-order chi connectivity index (χ1) is 5.76. The number of hydrogen-bond acceptors (Lipinski definition) is 4. The van der Waals surface area contributed by atoms with Crippen LogP contribution in [-0.4, -0.2) is 25.6 Å². The number of likely N-dealkylation sites (N-methyl/N-ethyl adjacent to an activating group) is 1. The molecule has 0 saturated heterocycles. The smallest absolute Gasteiger partial charge is 0.0462 e. The molecule has 0 saturated carbocycles. The van der Waals surface area contributed by atoms with Crippen molar-refractivity contribution in [3.63, 3.8) is 0 Å². The molecule has 0 rings (SSSR count). The molecule has 4 nitrogen and oxygen atoms in total. The van der Waals surface area contributed by atoms with Crippen molar-refractivity contribution in [1.82, 2.24) is 21.3 Å². The number of rotatable bonds is 6. The van der Waals surface area contributed by atoms with E-state index in [2.05, 4.69) is 29.8 Å². The van der Waals surface area contributed by atoms with Gasteiger partial charge in [-0.1, -0.05) is 6.58 Å². The van der Waals surface area contributed by atoms with E-state index in [0.29, 0.717) is 0 Å². The van der Waals surface area contributed by atoms with Crippen molar-refractivity contribution in [3.8, 4) is 0 Å². The van der Waals surface area contributed by atoms with Gasteiger partial charge < -0.3 is 10.4 Å². The van der Waals surface area contributed by atoms with Crippen LogP contribution in [0.5, 0.6) is 0 Å². The Kier molecular flexibility index (Phi) is 6.14. The predicted octanol–water partition coefficient (Wildman–Crippen LogP) is 0.194. The molecule has 0 bridgehead atoms. The van der Waals surface area contributed by atoms with Gasteiger partial charge in [-0.2, -0.15) is 0 Å². The number of hydrogen-bond donors (Lipinski definition) is 3. The lowest BCUT2D eigenvalue weighted by atomic mass is 10.4. The summed E-state index contributed by atoms with van der Waals surface area (Å²) >= 11 is 0. The fraction of sp³-hybridized carbons (Fsp3) is 0.500. The molecule has 0 aromatic rings. The second-order valence-corrected chi connectivity index (χ2v) is 2.19. The molecule has 0 amide bonds. The van der Waals surface area contributed by atoms with E-state index in [1.165, 1.54) is 0 Å². The highest BCUT2D eigenvalue weighted by molar-refractivity contribution is 5.11. The molecule has 0 aromatic carbocycles. The van der Waals surface area contributed by atoms with Gasteiger partial charge in [0.25, 0.3) is 0 Å². The lowest BCUT2D eigenvalue weighted by molar-refractivity contribution is 0.296. The summed E-state index contributed by atoms with van der Waals surface area (Å²) in [4.78, 5) is 0. The number of allylic oxidation sites excluding steroid dienone is 1. The van der Waals surface area contributed by atoms with Crippen LogP contribution in [0.15, 0.2) is 24.6 Å². The summed E-state index contributed by atoms with van der Waals surface area (Å²) in [6.45, 7) is 6.82. The van der Waals surface area contributed by atoms with Crippen LogP contribution >= 0.6 is 0 Å². The maximum absolute atomic E-state index is 3.88. The van der Waals surface area contributed by atoms with E-state index in [1.54, 1.807) is 6.20 Å². The monoisotopic (exact) mass is 170 g/mol. The van der Waals surface area contributed by atoms with Crippen LogP contribution in [0.25, 0.3) is 0 Å². The standard InChI is InChI=1S/C8H18N4/c1-5-12(10-4)8(2)6-7-11-9-3/h6-7,9-11H,2,5H2,1,3-4H3/b7-6+. The third-order valence-electron chi connectivity index (χ3n) is 1.44. The van der Waals surface area contributed by atoms with Crippen LogP contribution in [0.1, 0.15) is 6.92 Å². The summed E-state index contributed by atoms with van der Waals surface area (Å²) in [5.74, 6) is 0. The van der Waals surface area contributed by atoms with Crippen LogP contribution in [0.4, 0.5) is 0 Å². The van der Waals surface area contributed by atoms with Crippen molar-refractivity contribution in [2.45, 2.75) is 6.92 Å². The first-order valence-electron chi connectivity index (χ1n) is 3.98. The molecule has 12 heavy (non-hydrogen) atoms. The van der Waals surface area contributed by atoms with Crippen molar-refractivity contribution in [1.29, 1.82) is 0 Å². The maximum atomic E-state index is 3.88. The zero-order valence-electron chi connectivity index (χ0n) is 8.02. The quantitative estimate of drug-likeness (QED) is 0.393. The van der Waals surface area contributed by atoms with Gasteiger partial charge in [0.05, 0.1) is 0 Å². The molecule has 0 atom stereocenters. The predicted molar refractivity (Wildman–Crippen MR) is 51.9 cm³/mol. The highest BCUT2D eigenvalue weighted by atomic mass is 15.5. The highest BCUT2D eigenvalue weighted by Gasteiger charge is 1.96. The second kappa shape index (κ2) is 6.69. The minimum atomic E-state index is 0.888. The highest BCUT2D eigenvalue weighted by Crippen LogP contribution is 1.96. The Labute approximate surface area is 74.3 Å². The van der Waals surface area contributed by atoms with Gasteiger partial charge in [-0.3, -0.25) is 0 Å². The fourth-order valence-electron chi connectivity index (χ4n) is 0.816. The van der Waals surface area contributed by atoms with Gasteiger partial charge in [0, 0.05) is 32.5 Å². The molecule has 0 fully saturated rings. The second-order valence-electron chi connectivity index (χ2n) is 2.19. The summed E-state index contributed by atoms with van der Waals surface area (Å²) in [5, 5.41) is 1.94. The van der Waals surface area contributed by atoms with E-state index in [-0.39, 0.29) is 0 Å². The van der Waals surface area contributed by atoms with Gasteiger partial charge in [0.2, 0.25) is 0 Å². The summed E-state index contributed by atoms with van der Waals surface area (Å²) in [6.07, 6.45) is 3.68. The molecule has 3 N–H and O–H groups in total. The molecule has 0 aliphatic heterocycles. The van der Waals surface area contributed by atoms with E-state index < -0.39 is 0 Å². The van der Waals surface area contributed by atoms with Gasteiger partial charge in [0.1, 0.15) is 0 Å². The van der Waals surface area contributed by atoms with Crippen molar-refractivity contribution < 1.29 is 0 Å². The zero-order valence-corrected chi connectivity index (χ0v) is 8.02. The van der Waals surface area contributed by atoms with E-state index >= 15 is 0 Å². The number of nitrogens with zero attached hydrogens (tertiary/aromatic N) is 1. The van der Waals surface area contributed by atoms with Crippen LogP contribution < -0.4 is 16.3 Å². The number of nitrogens with one attached hydrogen (secondary N) is 3. The Morgan fingerprint density at radius 1 is 1.50 bits per heavy atom. The van der Waals surface area contributed by atoms with Crippen molar-refractivity contribution in [3.05, 3.63) is 24.6 Å². The molecule has 0 spiro atoms. The van der Waals surface area contributed by atoms with Crippen molar-refractivity contribution >= 4 is 0 Å². The van der Waals surface area contributed by atoms with Crippen molar-refractivity contribution in [2.75, 3.05) is 20.6 Å². The third-order valence-corrected chi connectivity index (χ3v) is 1.44. The lowest BCUT2D eigenvalue weighted by Crippen LogP contribution is -2.33. The zero-order chi connectivity index (χ0) is 9.40. The summed E-state index contributed by atoms with van der Waals surface area (Å²) in [7, 11) is 3.68. The van der Waals surface area contributed by atoms with Gasteiger partial charge in [-0.05, 0) is 13.0 Å². The average molecular weight is 170 g/mol. The van der Waals surface area contributed by atoms with Crippen molar-refractivity contribution in [2.24, 2.45) is 0 Å². The van der Waals surface area contributed by atoms with Crippen LogP contribution in [0.2, 0.25) is 0 Å². The van der Waals surface area contributed by atoms with E-state index in [0.717, 1.165) is 12.2 Å². The Hall–Kier alpha value is -1.00. The molecule has 0 heterocycles. The molecule has 0 aliphatic carbocycles. The van der Waals surface area contributed by atoms with Crippen LogP contribution in [0.3, 0.4) is 0 Å². The first-order valence-corrected chi connectivity index (χ1v) is 3.98.